The van der Waals surface area contributed by atoms with Crippen LogP contribution in [-0.4, -0.2) is 26.5 Å². The summed E-state index contributed by atoms with van der Waals surface area (Å²) in [4.78, 5) is 7.58. The van der Waals surface area contributed by atoms with E-state index in [1.54, 1.807) is 2.92 Å². The molecule has 1 atom stereocenters. The Bertz CT molecular complexity index is 499. The topological polar surface area (TPSA) is 0 Å². The SMILES string of the molecule is C[Si](C)(C)C1(c2ccccc2)CC=[C]([Sn]([CH3])([CH3])[CH3])SS1. The van der Waals surface area contributed by atoms with Gasteiger partial charge in [-0.2, -0.15) is 0 Å². The van der Waals surface area contributed by atoms with E-state index in [2.05, 4.69) is 92.5 Å². The summed E-state index contributed by atoms with van der Waals surface area (Å²) in [7, 11) is 2.96. The molecule has 0 nitrogen and oxygen atoms in total. The van der Waals surface area contributed by atoms with Gasteiger partial charge in [0, 0.05) is 0 Å². The van der Waals surface area contributed by atoms with E-state index >= 15 is 0 Å². The molecule has 20 heavy (non-hydrogen) atoms. The zero-order valence-electron chi connectivity index (χ0n) is 13.5. The molecule has 0 saturated carbocycles. The second-order valence-corrected chi connectivity index (χ2v) is 31.2. The predicted octanol–water partition coefficient (Wildman–Crippen LogP) is 6.31. The molecular weight excluding hydrogens is 403 g/mol. The third-order valence-corrected chi connectivity index (χ3v) is 23.4. The van der Waals surface area contributed by atoms with Crippen molar-refractivity contribution in [1.29, 1.82) is 0 Å². The second-order valence-electron chi connectivity index (χ2n) is 7.63. The van der Waals surface area contributed by atoms with Gasteiger partial charge in [-0.3, -0.25) is 0 Å². The van der Waals surface area contributed by atoms with E-state index in [1.165, 1.54) is 12.0 Å². The van der Waals surface area contributed by atoms with E-state index in [4.69, 9.17) is 0 Å². The van der Waals surface area contributed by atoms with Gasteiger partial charge in [0.25, 0.3) is 0 Å². The van der Waals surface area contributed by atoms with E-state index in [-0.39, 0.29) is 0 Å². The van der Waals surface area contributed by atoms with Crippen molar-refractivity contribution in [3.63, 3.8) is 0 Å². The van der Waals surface area contributed by atoms with Gasteiger partial charge >= 0.3 is 138 Å². The van der Waals surface area contributed by atoms with Crippen LogP contribution < -0.4 is 0 Å². The molecule has 0 radical (unpaired) electrons. The maximum absolute atomic E-state index is 2.60. The number of hydrogen-bond donors (Lipinski definition) is 0. The molecule has 0 bridgehead atoms. The molecule has 4 heteroatoms. The Hall–Kier alpha value is 0.676. The Morgan fingerprint density at radius 3 is 2.05 bits per heavy atom. The molecule has 0 N–H and O–H groups in total. The van der Waals surface area contributed by atoms with Crippen molar-refractivity contribution in [3.8, 4) is 0 Å². The Labute approximate surface area is 137 Å². The molecule has 1 aliphatic rings. The van der Waals surface area contributed by atoms with Crippen LogP contribution in [0.1, 0.15) is 12.0 Å². The van der Waals surface area contributed by atoms with Crippen molar-refractivity contribution in [2.75, 3.05) is 0 Å². The Morgan fingerprint density at radius 2 is 1.65 bits per heavy atom. The van der Waals surface area contributed by atoms with Crippen molar-refractivity contribution in [2.45, 2.75) is 45.3 Å². The van der Waals surface area contributed by atoms with Gasteiger partial charge in [0.05, 0.1) is 0 Å². The molecule has 0 amide bonds. The maximum atomic E-state index is 2.60. The van der Waals surface area contributed by atoms with E-state index in [0.29, 0.717) is 4.37 Å². The van der Waals surface area contributed by atoms with E-state index in [9.17, 15) is 0 Å². The quantitative estimate of drug-likeness (QED) is 0.408. The summed E-state index contributed by atoms with van der Waals surface area (Å²) in [5.41, 5.74) is 1.54. The van der Waals surface area contributed by atoms with E-state index < -0.39 is 26.5 Å². The van der Waals surface area contributed by atoms with Crippen LogP contribution in [0.5, 0.6) is 0 Å². The van der Waals surface area contributed by atoms with Gasteiger partial charge in [-0.25, -0.2) is 0 Å². The molecule has 0 aliphatic carbocycles. The summed E-state index contributed by atoms with van der Waals surface area (Å²) in [6, 6.07) is 11.2. The molecule has 1 heterocycles. The fourth-order valence-electron chi connectivity index (χ4n) is 2.59. The van der Waals surface area contributed by atoms with Gasteiger partial charge in [0.2, 0.25) is 0 Å². The van der Waals surface area contributed by atoms with E-state index in [0.717, 1.165) is 0 Å². The molecule has 1 aliphatic heterocycles. The predicted molar refractivity (Wildman–Crippen MR) is 103 cm³/mol. The third kappa shape index (κ3) is 3.36. The molecule has 1 unspecified atom stereocenters. The van der Waals surface area contributed by atoms with Crippen LogP contribution in [0.15, 0.2) is 39.3 Å². The molecule has 0 spiro atoms. The molecule has 0 saturated heterocycles. The monoisotopic (exact) mass is 430 g/mol. The van der Waals surface area contributed by atoms with Crippen molar-refractivity contribution in [2.24, 2.45) is 0 Å². The summed E-state index contributed by atoms with van der Waals surface area (Å²) >= 11 is -1.90. The van der Waals surface area contributed by atoms with E-state index in [1.807, 2.05) is 0 Å². The van der Waals surface area contributed by atoms with Gasteiger partial charge < -0.3 is 0 Å². The number of hydrogen-bond acceptors (Lipinski definition) is 2. The summed E-state index contributed by atoms with van der Waals surface area (Å²) < 4.78 is 2.08. The fraction of sp³-hybridized carbons (Fsp3) is 0.500. The first-order valence-corrected chi connectivity index (χ1v) is 22.9. The van der Waals surface area contributed by atoms with Crippen molar-refractivity contribution in [1.82, 2.24) is 0 Å². The Balaban J connectivity index is 2.42. The number of benzene rings is 1. The normalized spacial score (nSPS) is 24.4. The van der Waals surface area contributed by atoms with Crippen LogP contribution in [-0.2, 0) is 4.37 Å². The Kier molecular flexibility index (Phi) is 5.15. The van der Waals surface area contributed by atoms with Gasteiger partial charge in [-0.05, 0) is 0 Å². The molecule has 0 fully saturated rings. The Morgan fingerprint density at radius 1 is 1.05 bits per heavy atom. The first kappa shape index (κ1) is 17.0. The van der Waals surface area contributed by atoms with Crippen LogP contribution in [0.3, 0.4) is 0 Å². The average Bonchev–Trinajstić information content (AvgIpc) is 2.37. The molecule has 1 aromatic rings. The number of allylic oxidation sites excluding steroid dienone is 1. The summed E-state index contributed by atoms with van der Waals surface area (Å²) in [5.74, 6) is 0. The summed E-state index contributed by atoms with van der Waals surface area (Å²) in [5, 5.41) is 0. The minimum atomic E-state index is -1.90. The third-order valence-electron chi connectivity index (χ3n) is 4.04. The molecule has 2 rings (SSSR count). The summed E-state index contributed by atoms with van der Waals surface area (Å²) in [6.45, 7) is 7.56. The van der Waals surface area contributed by atoms with Crippen LogP contribution in [0, 0.1) is 0 Å². The molecule has 110 valence electrons. The van der Waals surface area contributed by atoms with Crippen LogP contribution in [0.2, 0.25) is 34.5 Å². The zero-order chi connectivity index (χ0) is 15.0. The molecule has 0 aromatic heterocycles. The summed E-state index contributed by atoms with van der Waals surface area (Å²) in [6.07, 6.45) is 3.83. The zero-order valence-corrected chi connectivity index (χ0v) is 19.0. The van der Waals surface area contributed by atoms with Gasteiger partial charge in [0.15, 0.2) is 0 Å². The fourth-order valence-corrected chi connectivity index (χ4v) is 20.7. The van der Waals surface area contributed by atoms with Crippen LogP contribution >= 0.6 is 21.6 Å². The van der Waals surface area contributed by atoms with Gasteiger partial charge in [0.1, 0.15) is 0 Å². The molecule has 1 aromatic carbocycles. The van der Waals surface area contributed by atoms with Crippen LogP contribution in [0.4, 0.5) is 0 Å². The van der Waals surface area contributed by atoms with Crippen molar-refractivity contribution >= 4 is 48.0 Å². The van der Waals surface area contributed by atoms with Crippen molar-refractivity contribution in [3.05, 3.63) is 44.9 Å². The van der Waals surface area contributed by atoms with Gasteiger partial charge in [-0.15, -0.1) is 0 Å². The second kappa shape index (κ2) is 6.05. The first-order chi connectivity index (χ1) is 9.17. The van der Waals surface area contributed by atoms with Crippen molar-refractivity contribution < 1.29 is 0 Å². The minimum absolute atomic E-state index is 0.333. The standard InChI is InChI=1S/C13H17S2Si.3CH3.Sn/c1-16(2,3)13(10-7-11-14-15-13)12-8-5-4-6-9-12;;;;/h4-9H,10H2,1-3H3;3*1H3;. The van der Waals surface area contributed by atoms with Crippen LogP contribution in [0.25, 0.3) is 0 Å². The number of rotatable bonds is 3. The molecular formula is C16H26S2SiSn. The average molecular weight is 429 g/mol. The van der Waals surface area contributed by atoms with Gasteiger partial charge in [-0.1, -0.05) is 0 Å². The first-order valence-electron chi connectivity index (χ1n) is 7.29.